The molecule has 1 N–H and O–H groups in total. The monoisotopic (exact) mass is 179 g/mol. The third kappa shape index (κ3) is 2.76. The van der Waals surface area contributed by atoms with E-state index in [0.717, 1.165) is 0 Å². The summed E-state index contributed by atoms with van der Waals surface area (Å²) in [5.41, 5.74) is 0. The van der Waals surface area contributed by atoms with Crippen LogP contribution in [0.2, 0.25) is 0 Å². The van der Waals surface area contributed by atoms with Gasteiger partial charge in [0, 0.05) is 6.54 Å². The number of nitrogens with one attached hydrogen (secondary N) is 1. The van der Waals surface area contributed by atoms with Crippen LogP contribution in [0.25, 0.3) is 0 Å². The maximum Gasteiger partial charge on any atom is 0.155 e. The Morgan fingerprint density at radius 1 is 1.64 bits per heavy atom. The number of hydrogen-bond acceptors (Lipinski definition) is 4. The van der Waals surface area contributed by atoms with Gasteiger partial charge in [0.2, 0.25) is 0 Å². The summed E-state index contributed by atoms with van der Waals surface area (Å²) in [5.74, 6) is 0.334. The van der Waals surface area contributed by atoms with Crippen LogP contribution in [0.3, 0.4) is 0 Å². The molecular weight excluding hydrogens is 166 g/mol. The molecule has 5 heteroatoms. The highest BCUT2D eigenvalue weighted by atomic mass is 32.2. The summed E-state index contributed by atoms with van der Waals surface area (Å²) in [5, 5.41) is 2.89. The van der Waals surface area contributed by atoms with Gasteiger partial charge in [0.15, 0.2) is 9.84 Å². The molecule has 1 aliphatic heterocycles. The van der Waals surface area contributed by atoms with Gasteiger partial charge in [0.25, 0.3) is 0 Å². The van der Waals surface area contributed by atoms with Crippen LogP contribution in [-0.4, -0.2) is 46.2 Å². The third-order valence-electron chi connectivity index (χ3n) is 1.62. The SMILES string of the molecule is CNCC1CS(=O)(=O)CCO1. The maximum atomic E-state index is 11.0. The molecule has 1 heterocycles. The lowest BCUT2D eigenvalue weighted by Gasteiger charge is -2.22. The Bertz CT molecular complexity index is 210. The van der Waals surface area contributed by atoms with Crippen molar-refractivity contribution < 1.29 is 13.2 Å². The topological polar surface area (TPSA) is 55.4 Å². The van der Waals surface area contributed by atoms with Crippen LogP contribution in [0.1, 0.15) is 0 Å². The van der Waals surface area contributed by atoms with Gasteiger partial charge in [0.1, 0.15) is 0 Å². The molecule has 0 amide bonds. The molecule has 0 bridgehead atoms. The van der Waals surface area contributed by atoms with Crippen molar-refractivity contribution in [1.29, 1.82) is 0 Å². The molecule has 66 valence electrons. The summed E-state index contributed by atoms with van der Waals surface area (Å²) in [6.45, 7) is 0.952. The molecule has 1 fully saturated rings. The van der Waals surface area contributed by atoms with Gasteiger partial charge in [-0.15, -0.1) is 0 Å². The van der Waals surface area contributed by atoms with Gasteiger partial charge in [-0.25, -0.2) is 8.42 Å². The molecule has 0 radical (unpaired) electrons. The molecule has 1 rings (SSSR count). The van der Waals surface area contributed by atoms with E-state index in [2.05, 4.69) is 5.32 Å². The average molecular weight is 179 g/mol. The van der Waals surface area contributed by atoms with E-state index in [1.165, 1.54) is 0 Å². The molecule has 4 nitrogen and oxygen atoms in total. The number of sulfone groups is 1. The number of hydrogen-bond donors (Lipinski definition) is 1. The summed E-state index contributed by atoms with van der Waals surface area (Å²) in [6.07, 6.45) is -0.154. The Morgan fingerprint density at radius 2 is 2.36 bits per heavy atom. The van der Waals surface area contributed by atoms with E-state index in [4.69, 9.17) is 4.74 Å². The van der Waals surface area contributed by atoms with Crippen LogP contribution in [0, 0.1) is 0 Å². The van der Waals surface area contributed by atoms with E-state index in [9.17, 15) is 8.42 Å². The average Bonchev–Trinajstić information content (AvgIpc) is 1.85. The second-order valence-electron chi connectivity index (χ2n) is 2.66. The molecule has 1 atom stereocenters. The highest BCUT2D eigenvalue weighted by Crippen LogP contribution is 2.05. The first-order chi connectivity index (χ1) is 5.14. The fraction of sp³-hybridized carbons (Fsp3) is 1.00. The Balaban J connectivity index is 2.47. The van der Waals surface area contributed by atoms with E-state index in [-0.39, 0.29) is 17.6 Å². The molecule has 1 saturated heterocycles. The smallest absolute Gasteiger partial charge is 0.155 e. The van der Waals surface area contributed by atoms with Gasteiger partial charge in [-0.2, -0.15) is 0 Å². The van der Waals surface area contributed by atoms with E-state index in [0.29, 0.717) is 13.2 Å². The molecule has 0 aromatic rings. The van der Waals surface area contributed by atoms with Gasteiger partial charge in [-0.3, -0.25) is 0 Å². The number of rotatable bonds is 2. The summed E-state index contributed by atoms with van der Waals surface area (Å²) in [7, 11) is -1.04. The van der Waals surface area contributed by atoms with Crippen LogP contribution in [0.5, 0.6) is 0 Å². The highest BCUT2D eigenvalue weighted by molar-refractivity contribution is 7.91. The minimum Gasteiger partial charge on any atom is -0.375 e. The van der Waals surface area contributed by atoms with Crippen molar-refractivity contribution in [2.75, 3.05) is 31.7 Å². The zero-order valence-electron chi connectivity index (χ0n) is 6.54. The van der Waals surface area contributed by atoms with Crippen molar-refractivity contribution in [3.63, 3.8) is 0 Å². The van der Waals surface area contributed by atoms with Crippen molar-refractivity contribution in [2.24, 2.45) is 0 Å². The van der Waals surface area contributed by atoms with Crippen molar-refractivity contribution in [3.05, 3.63) is 0 Å². The molecule has 1 aliphatic rings. The molecule has 1 unspecified atom stereocenters. The van der Waals surface area contributed by atoms with Gasteiger partial charge < -0.3 is 10.1 Å². The Morgan fingerprint density at radius 3 is 2.91 bits per heavy atom. The van der Waals surface area contributed by atoms with E-state index in [1.807, 2.05) is 0 Å². The fourth-order valence-electron chi connectivity index (χ4n) is 1.10. The first kappa shape index (κ1) is 8.96. The first-order valence-electron chi connectivity index (χ1n) is 3.61. The van der Waals surface area contributed by atoms with Gasteiger partial charge in [-0.05, 0) is 7.05 Å². The minimum absolute atomic E-state index is 0.154. The van der Waals surface area contributed by atoms with Crippen LogP contribution in [-0.2, 0) is 14.6 Å². The molecular formula is C6H13NO3S. The van der Waals surface area contributed by atoms with E-state index in [1.54, 1.807) is 7.05 Å². The van der Waals surface area contributed by atoms with Crippen LogP contribution < -0.4 is 5.32 Å². The fourth-order valence-corrected chi connectivity index (χ4v) is 2.40. The van der Waals surface area contributed by atoms with Crippen molar-refractivity contribution in [1.82, 2.24) is 5.32 Å². The predicted octanol–water partition coefficient (Wildman–Crippen LogP) is -0.981. The largest absolute Gasteiger partial charge is 0.375 e. The van der Waals surface area contributed by atoms with Crippen LogP contribution in [0.15, 0.2) is 0 Å². The standard InChI is InChI=1S/C6H13NO3S/c1-7-4-6-5-11(8,9)3-2-10-6/h6-7H,2-5H2,1H3. The highest BCUT2D eigenvalue weighted by Gasteiger charge is 2.24. The zero-order valence-corrected chi connectivity index (χ0v) is 7.36. The molecule has 0 aromatic heterocycles. The number of likely N-dealkylation sites (N-methyl/N-ethyl adjacent to an activating group) is 1. The van der Waals surface area contributed by atoms with Crippen molar-refractivity contribution >= 4 is 9.84 Å². The summed E-state index contributed by atoms with van der Waals surface area (Å²) >= 11 is 0. The zero-order chi connectivity index (χ0) is 8.32. The van der Waals surface area contributed by atoms with E-state index >= 15 is 0 Å². The maximum absolute atomic E-state index is 11.0. The van der Waals surface area contributed by atoms with Crippen molar-refractivity contribution in [2.45, 2.75) is 6.10 Å². The van der Waals surface area contributed by atoms with Gasteiger partial charge >= 0.3 is 0 Å². The normalized spacial score (nSPS) is 30.1. The van der Waals surface area contributed by atoms with Crippen molar-refractivity contribution in [3.8, 4) is 0 Å². The summed E-state index contributed by atoms with van der Waals surface area (Å²) < 4.78 is 27.3. The Hall–Kier alpha value is -0.130. The lowest BCUT2D eigenvalue weighted by molar-refractivity contribution is 0.0731. The Labute approximate surface area is 66.8 Å². The number of ether oxygens (including phenoxy) is 1. The molecule has 0 aliphatic carbocycles. The van der Waals surface area contributed by atoms with Gasteiger partial charge in [-0.1, -0.05) is 0 Å². The minimum atomic E-state index is -2.82. The van der Waals surface area contributed by atoms with Gasteiger partial charge in [0.05, 0.1) is 24.2 Å². The third-order valence-corrected chi connectivity index (χ3v) is 3.29. The molecule has 0 spiro atoms. The second kappa shape index (κ2) is 3.51. The quantitative estimate of drug-likeness (QED) is 0.592. The predicted molar refractivity (Wildman–Crippen MR) is 42.3 cm³/mol. The summed E-state index contributed by atoms with van der Waals surface area (Å²) in [6, 6.07) is 0. The molecule has 0 saturated carbocycles. The van der Waals surface area contributed by atoms with Crippen LogP contribution >= 0.6 is 0 Å². The summed E-state index contributed by atoms with van der Waals surface area (Å²) in [4.78, 5) is 0. The lowest BCUT2D eigenvalue weighted by atomic mass is 10.4. The van der Waals surface area contributed by atoms with Crippen LogP contribution in [0.4, 0.5) is 0 Å². The molecule has 11 heavy (non-hydrogen) atoms. The second-order valence-corrected chi connectivity index (χ2v) is 4.89. The Kier molecular flexibility index (Phi) is 2.86. The first-order valence-corrected chi connectivity index (χ1v) is 5.43. The molecule has 0 aromatic carbocycles. The lowest BCUT2D eigenvalue weighted by Crippen LogP contribution is -2.39. The van der Waals surface area contributed by atoms with E-state index < -0.39 is 9.84 Å².